The number of methoxy groups -OCH3 is 1. The second kappa shape index (κ2) is 6.05. The Morgan fingerprint density at radius 1 is 1.42 bits per heavy atom. The smallest absolute Gasteiger partial charge is 0.308 e. The maximum atomic E-state index is 12.3. The summed E-state index contributed by atoms with van der Waals surface area (Å²) in [6, 6.07) is 1.91. The Morgan fingerprint density at radius 2 is 2.05 bits per heavy atom. The summed E-state index contributed by atoms with van der Waals surface area (Å²) >= 11 is 4.89. The van der Waals surface area contributed by atoms with E-state index in [1.165, 1.54) is 18.4 Å². The largest absolute Gasteiger partial charge is 0.469 e. The van der Waals surface area contributed by atoms with Crippen molar-refractivity contribution in [3.05, 3.63) is 20.3 Å². The van der Waals surface area contributed by atoms with Crippen molar-refractivity contribution < 1.29 is 14.3 Å². The molecule has 0 aromatic carbocycles. The maximum Gasteiger partial charge on any atom is 0.308 e. The minimum Gasteiger partial charge on any atom is -0.469 e. The van der Waals surface area contributed by atoms with Crippen LogP contribution < -0.4 is 0 Å². The molecule has 6 heteroatoms. The topological polar surface area (TPSA) is 46.6 Å². The number of rotatable bonds is 2. The molecule has 1 fully saturated rings. The van der Waals surface area contributed by atoms with Gasteiger partial charge in [0, 0.05) is 13.1 Å². The van der Waals surface area contributed by atoms with Crippen molar-refractivity contribution in [3.63, 3.8) is 0 Å². The molecule has 0 unspecified atom stereocenters. The molecule has 2 heterocycles. The molecule has 1 amide bonds. The quantitative estimate of drug-likeness (QED) is 0.774. The molecule has 1 saturated heterocycles. The molecule has 0 atom stereocenters. The van der Waals surface area contributed by atoms with Gasteiger partial charge in [0.15, 0.2) is 0 Å². The molecule has 2 rings (SSSR count). The van der Waals surface area contributed by atoms with Gasteiger partial charge in [0.25, 0.3) is 5.91 Å². The van der Waals surface area contributed by atoms with Gasteiger partial charge in [0.05, 0.1) is 21.7 Å². The van der Waals surface area contributed by atoms with Gasteiger partial charge in [-0.25, -0.2) is 0 Å². The number of aryl methyl sites for hydroxylation is 1. The summed E-state index contributed by atoms with van der Waals surface area (Å²) in [6.07, 6.45) is 1.37. The summed E-state index contributed by atoms with van der Waals surface area (Å²) in [5, 5.41) is 0. The van der Waals surface area contributed by atoms with Gasteiger partial charge in [0.2, 0.25) is 0 Å². The fourth-order valence-corrected chi connectivity index (χ4v) is 3.71. The van der Waals surface area contributed by atoms with Gasteiger partial charge in [-0.1, -0.05) is 0 Å². The van der Waals surface area contributed by atoms with Crippen LogP contribution in [-0.2, 0) is 9.53 Å². The molecule has 104 valence electrons. The molecule has 0 bridgehead atoms. The number of halogens is 1. The van der Waals surface area contributed by atoms with E-state index >= 15 is 0 Å². The number of carbonyl (C=O) groups excluding carboxylic acids is 2. The maximum absolute atomic E-state index is 12.3. The Bertz CT molecular complexity index is 473. The van der Waals surface area contributed by atoms with Crippen LogP contribution >= 0.6 is 27.3 Å². The highest BCUT2D eigenvalue weighted by atomic mass is 79.9. The third-order valence-corrected chi connectivity index (χ3v) is 5.51. The first-order valence-electron chi connectivity index (χ1n) is 6.16. The van der Waals surface area contributed by atoms with Gasteiger partial charge in [-0.15, -0.1) is 11.3 Å². The van der Waals surface area contributed by atoms with Crippen LogP contribution in [0.25, 0.3) is 0 Å². The van der Waals surface area contributed by atoms with E-state index in [0.29, 0.717) is 25.9 Å². The molecule has 0 radical (unpaired) electrons. The highest BCUT2D eigenvalue weighted by Gasteiger charge is 2.28. The predicted molar refractivity (Wildman–Crippen MR) is 77.4 cm³/mol. The molecular formula is C13H16BrNO3S. The number of carbonyl (C=O) groups is 2. The van der Waals surface area contributed by atoms with Gasteiger partial charge >= 0.3 is 5.97 Å². The number of piperidine rings is 1. The zero-order valence-electron chi connectivity index (χ0n) is 10.9. The lowest BCUT2D eigenvalue weighted by Gasteiger charge is -2.30. The highest BCUT2D eigenvalue weighted by Crippen LogP contribution is 2.29. The molecular weight excluding hydrogens is 330 g/mol. The third kappa shape index (κ3) is 3.17. The van der Waals surface area contributed by atoms with Crippen molar-refractivity contribution in [2.75, 3.05) is 20.2 Å². The van der Waals surface area contributed by atoms with E-state index in [9.17, 15) is 9.59 Å². The zero-order valence-corrected chi connectivity index (χ0v) is 13.3. The van der Waals surface area contributed by atoms with E-state index in [0.717, 1.165) is 14.2 Å². The first kappa shape index (κ1) is 14.5. The highest BCUT2D eigenvalue weighted by molar-refractivity contribution is 9.11. The molecule has 1 aromatic heterocycles. The van der Waals surface area contributed by atoms with E-state index in [1.54, 1.807) is 0 Å². The Labute approximate surface area is 124 Å². The van der Waals surface area contributed by atoms with Crippen molar-refractivity contribution in [3.8, 4) is 0 Å². The van der Waals surface area contributed by atoms with Crippen molar-refractivity contribution in [1.82, 2.24) is 4.90 Å². The van der Waals surface area contributed by atoms with Gasteiger partial charge in [-0.3, -0.25) is 9.59 Å². The zero-order chi connectivity index (χ0) is 14.0. The number of likely N-dealkylation sites (tertiary alicyclic amines) is 1. The summed E-state index contributed by atoms with van der Waals surface area (Å²) in [5.41, 5.74) is 1.08. The van der Waals surface area contributed by atoms with E-state index in [2.05, 4.69) is 15.9 Å². The van der Waals surface area contributed by atoms with Gasteiger partial charge in [0.1, 0.15) is 0 Å². The summed E-state index contributed by atoms with van der Waals surface area (Å²) in [4.78, 5) is 26.3. The lowest BCUT2D eigenvalue weighted by molar-refractivity contribution is -0.146. The fraction of sp³-hybridized carbons (Fsp3) is 0.538. The SMILES string of the molecule is COC(=O)C1CCN(C(=O)c2cc(C)c(Br)s2)CC1. The van der Waals surface area contributed by atoms with Crippen LogP contribution in [0.4, 0.5) is 0 Å². The molecule has 1 aliphatic rings. The lowest BCUT2D eigenvalue weighted by atomic mass is 9.97. The molecule has 0 N–H and O–H groups in total. The van der Waals surface area contributed by atoms with E-state index in [-0.39, 0.29) is 17.8 Å². The van der Waals surface area contributed by atoms with Crippen molar-refractivity contribution in [2.24, 2.45) is 5.92 Å². The average Bonchev–Trinajstić information content (AvgIpc) is 2.77. The monoisotopic (exact) mass is 345 g/mol. The lowest BCUT2D eigenvalue weighted by Crippen LogP contribution is -2.40. The molecule has 1 aromatic rings. The Balaban J connectivity index is 1.98. The first-order chi connectivity index (χ1) is 9.02. The Hall–Kier alpha value is -0.880. The normalized spacial score (nSPS) is 16.5. The van der Waals surface area contributed by atoms with Crippen LogP contribution in [0.2, 0.25) is 0 Å². The number of esters is 1. The second-order valence-electron chi connectivity index (χ2n) is 4.66. The number of ether oxygens (including phenoxy) is 1. The summed E-state index contributed by atoms with van der Waals surface area (Å²) in [5.74, 6) is -0.171. The average molecular weight is 346 g/mol. The number of nitrogens with zero attached hydrogens (tertiary/aromatic N) is 1. The summed E-state index contributed by atoms with van der Waals surface area (Å²) in [7, 11) is 1.41. The molecule has 4 nitrogen and oxygen atoms in total. The standard InChI is InChI=1S/C13H16BrNO3S/c1-8-7-10(19-11(8)14)12(16)15-5-3-9(4-6-15)13(17)18-2/h7,9H,3-6H2,1-2H3. The number of hydrogen-bond acceptors (Lipinski definition) is 4. The molecule has 1 aliphatic heterocycles. The van der Waals surface area contributed by atoms with E-state index < -0.39 is 0 Å². The molecule has 19 heavy (non-hydrogen) atoms. The van der Waals surface area contributed by atoms with Crippen molar-refractivity contribution in [2.45, 2.75) is 19.8 Å². The van der Waals surface area contributed by atoms with E-state index in [4.69, 9.17) is 4.74 Å². The van der Waals surface area contributed by atoms with Gasteiger partial charge in [-0.05, 0) is 47.3 Å². The van der Waals surface area contributed by atoms with Crippen LogP contribution in [0, 0.1) is 12.8 Å². The van der Waals surface area contributed by atoms with Crippen molar-refractivity contribution >= 4 is 39.1 Å². The fourth-order valence-electron chi connectivity index (χ4n) is 2.21. The van der Waals surface area contributed by atoms with Crippen LogP contribution in [0.15, 0.2) is 9.85 Å². The molecule has 0 aliphatic carbocycles. The summed E-state index contributed by atoms with van der Waals surface area (Å²) in [6.45, 7) is 3.21. The predicted octanol–water partition coefficient (Wildman–Crippen LogP) is 2.84. The van der Waals surface area contributed by atoms with E-state index in [1.807, 2.05) is 17.9 Å². The first-order valence-corrected chi connectivity index (χ1v) is 7.77. The van der Waals surface area contributed by atoms with Crippen LogP contribution in [0.3, 0.4) is 0 Å². The van der Waals surface area contributed by atoms with Gasteiger partial charge in [-0.2, -0.15) is 0 Å². The molecule has 0 saturated carbocycles. The molecule has 0 spiro atoms. The van der Waals surface area contributed by atoms with Gasteiger partial charge < -0.3 is 9.64 Å². The van der Waals surface area contributed by atoms with Crippen LogP contribution in [0.5, 0.6) is 0 Å². The number of thiophene rings is 1. The van der Waals surface area contributed by atoms with Crippen LogP contribution in [-0.4, -0.2) is 37.0 Å². The Morgan fingerprint density at radius 3 is 2.53 bits per heavy atom. The van der Waals surface area contributed by atoms with Crippen LogP contribution in [0.1, 0.15) is 28.1 Å². The van der Waals surface area contributed by atoms with Crippen molar-refractivity contribution in [1.29, 1.82) is 0 Å². The minimum atomic E-state index is -0.165. The third-order valence-electron chi connectivity index (χ3n) is 3.38. The summed E-state index contributed by atoms with van der Waals surface area (Å²) < 4.78 is 5.74. The number of hydrogen-bond donors (Lipinski definition) is 0. The Kier molecular flexibility index (Phi) is 4.62. The second-order valence-corrected chi connectivity index (χ2v) is 7.03. The minimum absolute atomic E-state index is 0.0575. The number of amides is 1.